The maximum absolute atomic E-state index is 13.0. The lowest BCUT2D eigenvalue weighted by Crippen LogP contribution is -2.41. The van der Waals surface area contributed by atoms with Gasteiger partial charge in [-0.05, 0) is 63.1 Å². The highest BCUT2D eigenvalue weighted by Gasteiger charge is 2.38. The van der Waals surface area contributed by atoms with Crippen molar-refractivity contribution in [3.05, 3.63) is 35.4 Å². The van der Waals surface area contributed by atoms with Crippen molar-refractivity contribution >= 4 is 5.91 Å². The summed E-state index contributed by atoms with van der Waals surface area (Å²) in [6.07, 6.45) is 7.53. The van der Waals surface area contributed by atoms with Gasteiger partial charge in [-0.1, -0.05) is 42.7 Å². The van der Waals surface area contributed by atoms with Crippen molar-refractivity contribution in [2.45, 2.75) is 52.0 Å². The monoisotopic (exact) mass is 340 g/mol. The maximum Gasteiger partial charge on any atom is 0.225 e. The van der Waals surface area contributed by atoms with Crippen molar-refractivity contribution in [1.29, 1.82) is 0 Å². The van der Waals surface area contributed by atoms with Crippen molar-refractivity contribution in [2.24, 2.45) is 17.8 Å². The van der Waals surface area contributed by atoms with E-state index in [9.17, 15) is 4.79 Å². The lowest BCUT2D eigenvalue weighted by atomic mass is 9.82. The molecule has 0 radical (unpaired) electrons. The van der Waals surface area contributed by atoms with Gasteiger partial charge in [0.1, 0.15) is 0 Å². The van der Waals surface area contributed by atoms with Crippen LogP contribution in [0.3, 0.4) is 0 Å². The topological polar surface area (TPSA) is 23.6 Å². The summed E-state index contributed by atoms with van der Waals surface area (Å²) < 4.78 is 0. The molecule has 1 aromatic carbocycles. The zero-order valence-corrected chi connectivity index (χ0v) is 15.6. The van der Waals surface area contributed by atoms with Gasteiger partial charge in [-0.3, -0.25) is 9.69 Å². The molecule has 3 nitrogen and oxygen atoms in total. The number of piperidine rings is 1. The van der Waals surface area contributed by atoms with Crippen molar-refractivity contribution in [3.8, 4) is 0 Å². The van der Waals surface area contributed by atoms with Crippen molar-refractivity contribution in [3.63, 3.8) is 0 Å². The predicted molar refractivity (Wildman–Crippen MR) is 101 cm³/mol. The predicted octanol–water partition coefficient (Wildman–Crippen LogP) is 3.86. The molecule has 4 rings (SSSR count). The second-order valence-corrected chi connectivity index (χ2v) is 8.58. The summed E-state index contributed by atoms with van der Waals surface area (Å²) in [4.78, 5) is 17.7. The summed E-state index contributed by atoms with van der Waals surface area (Å²) >= 11 is 0. The number of fused-ring (bicyclic) bond motifs is 1. The third-order valence-corrected chi connectivity index (χ3v) is 6.75. The summed E-state index contributed by atoms with van der Waals surface area (Å²) in [5.41, 5.74) is 2.71. The van der Waals surface area contributed by atoms with Crippen molar-refractivity contribution in [2.75, 3.05) is 26.2 Å². The van der Waals surface area contributed by atoms with E-state index in [1.807, 2.05) is 0 Å². The van der Waals surface area contributed by atoms with Gasteiger partial charge in [0.25, 0.3) is 0 Å². The Hall–Kier alpha value is -1.35. The van der Waals surface area contributed by atoms with Gasteiger partial charge in [0.2, 0.25) is 5.91 Å². The summed E-state index contributed by atoms with van der Waals surface area (Å²) in [7, 11) is 0. The van der Waals surface area contributed by atoms with Crippen LogP contribution in [0, 0.1) is 24.7 Å². The van der Waals surface area contributed by atoms with Crippen LogP contribution in [0.2, 0.25) is 0 Å². The molecule has 2 heterocycles. The first-order valence-corrected chi connectivity index (χ1v) is 10.3. The number of likely N-dealkylation sites (tertiary alicyclic amines) is 2. The van der Waals surface area contributed by atoms with Gasteiger partial charge in [0.05, 0.1) is 0 Å². The summed E-state index contributed by atoms with van der Waals surface area (Å²) in [5.74, 6) is 2.34. The zero-order chi connectivity index (χ0) is 17.2. The van der Waals surface area contributed by atoms with Crippen molar-refractivity contribution in [1.82, 2.24) is 9.80 Å². The van der Waals surface area contributed by atoms with E-state index in [1.54, 1.807) is 0 Å². The molecule has 2 aliphatic heterocycles. The summed E-state index contributed by atoms with van der Waals surface area (Å²) in [6, 6.07) is 8.86. The molecule has 136 valence electrons. The fourth-order valence-electron chi connectivity index (χ4n) is 5.13. The zero-order valence-electron chi connectivity index (χ0n) is 15.6. The van der Waals surface area contributed by atoms with E-state index in [2.05, 4.69) is 41.0 Å². The van der Waals surface area contributed by atoms with Crippen LogP contribution in [0.4, 0.5) is 0 Å². The number of carbonyl (C=O) groups is 1. The Kier molecular flexibility index (Phi) is 5.12. The van der Waals surface area contributed by atoms with Gasteiger partial charge in [-0.2, -0.15) is 0 Å². The second-order valence-electron chi connectivity index (χ2n) is 8.58. The Morgan fingerprint density at radius 2 is 1.56 bits per heavy atom. The Morgan fingerprint density at radius 3 is 2.16 bits per heavy atom. The Morgan fingerprint density at radius 1 is 0.960 bits per heavy atom. The van der Waals surface area contributed by atoms with E-state index in [0.717, 1.165) is 57.4 Å². The first kappa shape index (κ1) is 17.1. The van der Waals surface area contributed by atoms with Gasteiger partial charge >= 0.3 is 0 Å². The molecule has 1 saturated carbocycles. The van der Waals surface area contributed by atoms with Crippen LogP contribution in [0.1, 0.15) is 49.7 Å². The Labute approximate surface area is 152 Å². The standard InChI is InChI=1S/C22H32N2O/c1-17-6-8-18(9-7-17)14-23-12-10-19(11-13-23)22(25)24-15-20-4-2-3-5-21(20)16-24/h6-9,19-21H,2-5,10-16H2,1H3. The molecule has 1 aromatic rings. The lowest BCUT2D eigenvalue weighted by molar-refractivity contribution is -0.136. The lowest BCUT2D eigenvalue weighted by Gasteiger charge is -2.33. The molecule has 3 heteroatoms. The highest BCUT2D eigenvalue weighted by atomic mass is 16.2. The van der Waals surface area contributed by atoms with Gasteiger partial charge < -0.3 is 4.90 Å². The third kappa shape index (κ3) is 3.92. The molecule has 3 aliphatic rings. The minimum atomic E-state index is 0.273. The average molecular weight is 341 g/mol. The summed E-state index contributed by atoms with van der Waals surface area (Å²) in [6.45, 7) is 7.38. The van der Waals surface area contributed by atoms with Crippen LogP contribution in [-0.2, 0) is 11.3 Å². The third-order valence-electron chi connectivity index (χ3n) is 6.75. The second kappa shape index (κ2) is 7.49. The number of carbonyl (C=O) groups excluding carboxylic acids is 1. The van der Waals surface area contributed by atoms with Crippen LogP contribution < -0.4 is 0 Å². The molecule has 0 bridgehead atoms. The number of nitrogens with zero attached hydrogens (tertiary/aromatic N) is 2. The van der Waals surface area contributed by atoms with Crippen LogP contribution in [0.25, 0.3) is 0 Å². The summed E-state index contributed by atoms with van der Waals surface area (Å²) in [5, 5.41) is 0. The number of hydrogen-bond donors (Lipinski definition) is 0. The normalized spacial score (nSPS) is 28.1. The van der Waals surface area contributed by atoms with Gasteiger partial charge in [0.15, 0.2) is 0 Å². The molecular weight excluding hydrogens is 308 g/mol. The van der Waals surface area contributed by atoms with Crippen LogP contribution in [0.5, 0.6) is 0 Å². The molecule has 0 N–H and O–H groups in total. The maximum atomic E-state index is 13.0. The van der Waals surface area contributed by atoms with Crippen LogP contribution >= 0.6 is 0 Å². The minimum absolute atomic E-state index is 0.273. The first-order chi connectivity index (χ1) is 12.2. The number of aryl methyl sites for hydroxylation is 1. The highest BCUT2D eigenvalue weighted by molar-refractivity contribution is 5.79. The smallest absolute Gasteiger partial charge is 0.225 e. The quantitative estimate of drug-likeness (QED) is 0.834. The molecule has 0 aromatic heterocycles. The number of amides is 1. The fraction of sp³-hybridized carbons (Fsp3) is 0.682. The molecule has 3 fully saturated rings. The van der Waals surface area contributed by atoms with E-state index in [-0.39, 0.29) is 5.92 Å². The van der Waals surface area contributed by atoms with Gasteiger partial charge in [0, 0.05) is 25.6 Å². The Balaban J connectivity index is 1.27. The molecule has 2 unspecified atom stereocenters. The van der Waals surface area contributed by atoms with Crippen molar-refractivity contribution < 1.29 is 4.79 Å². The van der Waals surface area contributed by atoms with Crippen LogP contribution in [0.15, 0.2) is 24.3 Å². The van der Waals surface area contributed by atoms with E-state index in [1.165, 1.54) is 36.8 Å². The van der Waals surface area contributed by atoms with Gasteiger partial charge in [-0.25, -0.2) is 0 Å². The van der Waals surface area contributed by atoms with E-state index >= 15 is 0 Å². The molecule has 2 saturated heterocycles. The SMILES string of the molecule is Cc1ccc(CN2CCC(C(=O)N3CC4CCCCC4C3)CC2)cc1. The molecule has 1 aliphatic carbocycles. The number of rotatable bonds is 3. The number of benzene rings is 1. The molecule has 1 amide bonds. The van der Waals surface area contributed by atoms with Gasteiger partial charge in [-0.15, -0.1) is 0 Å². The minimum Gasteiger partial charge on any atom is -0.342 e. The number of hydrogen-bond acceptors (Lipinski definition) is 2. The molecule has 25 heavy (non-hydrogen) atoms. The van der Waals surface area contributed by atoms with E-state index in [0.29, 0.717) is 5.91 Å². The molecule has 2 atom stereocenters. The molecular formula is C22H32N2O. The highest BCUT2D eigenvalue weighted by Crippen LogP contribution is 2.37. The first-order valence-electron chi connectivity index (χ1n) is 10.3. The average Bonchev–Trinajstić information content (AvgIpc) is 3.08. The fourth-order valence-corrected chi connectivity index (χ4v) is 5.13. The van der Waals surface area contributed by atoms with E-state index < -0.39 is 0 Å². The largest absolute Gasteiger partial charge is 0.342 e. The van der Waals surface area contributed by atoms with E-state index in [4.69, 9.17) is 0 Å². The van der Waals surface area contributed by atoms with Crippen LogP contribution in [-0.4, -0.2) is 41.9 Å². The Bertz CT molecular complexity index is 575. The molecule has 0 spiro atoms.